The van der Waals surface area contributed by atoms with Crippen molar-refractivity contribution in [3.8, 4) is 6.07 Å². The van der Waals surface area contributed by atoms with E-state index in [0.717, 1.165) is 47.5 Å². The van der Waals surface area contributed by atoms with Gasteiger partial charge in [0.15, 0.2) is 0 Å². The highest BCUT2D eigenvalue weighted by Gasteiger charge is 2.14. The Morgan fingerprint density at radius 2 is 2.00 bits per heavy atom. The van der Waals surface area contributed by atoms with E-state index in [2.05, 4.69) is 51.5 Å². The number of benzene rings is 1. The lowest BCUT2D eigenvalue weighted by atomic mass is 10.0. The topological polar surface area (TPSA) is 57.7 Å². The molecule has 0 spiro atoms. The number of pyridine rings is 1. The molecular formula is C20H23N5. The van der Waals surface area contributed by atoms with E-state index in [1.54, 1.807) is 6.20 Å². The summed E-state index contributed by atoms with van der Waals surface area (Å²) >= 11 is 0. The van der Waals surface area contributed by atoms with E-state index < -0.39 is 0 Å². The first-order valence-electron chi connectivity index (χ1n) is 8.50. The van der Waals surface area contributed by atoms with Gasteiger partial charge in [-0.15, -0.1) is 0 Å². The summed E-state index contributed by atoms with van der Waals surface area (Å²) in [6, 6.07) is 6.56. The number of rotatable bonds is 5. The van der Waals surface area contributed by atoms with Crippen LogP contribution in [-0.4, -0.2) is 28.1 Å². The van der Waals surface area contributed by atoms with Gasteiger partial charge in [-0.25, -0.2) is 4.98 Å². The molecule has 3 rings (SSSR count). The molecule has 0 atom stereocenters. The molecule has 2 aromatic heterocycles. The van der Waals surface area contributed by atoms with Crippen LogP contribution >= 0.6 is 0 Å². The lowest BCUT2D eigenvalue weighted by Crippen LogP contribution is -2.21. The molecule has 1 aromatic carbocycles. The molecule has 0 amide bonds. The van der Waals surface area contributed by atoms with Crippen molar-refractivity contribution in [2.45, 2.75) is 33.7 Å². The molecule has 0 saturated carbocycles. The molecule has 128 valence electrons. The van der Waals surface area contributed by atoms with Gasteiger partial charge < -0.3 is 9.47 Å². The molecule has 0 aliphatic rings. The van der Waals surface area contributed by atoms with Gasteiger partial charge in [-0.05, 0) is 38.8 Å². The van der Waals surface area contributed by atoms with Crippen LogP contribution < -0.4 is 4.90 Å². The van der Waals surface area contributed by atoms with Crippen molar-refractivity contribution in [2.24, 2.45) is 0 Å². The number of anilines is 1. The van der Waals surface area contributed by atoms with Crippen LogP contribution in [0.3, 0.4) is 0 Å². The third kappa shape index (κ3) is 3.34. The first-order chi connectivity index (χ1) is 12.0. The Morgan fingerprint density at radius 1 is 1.20 bits per heavy atom. The summed E-state index contributed by atoms with van der Waals surface area (Å²) in [4.78, 5) is 10.9. The molecule has 0 bridgehead atoms. The summed E-state index contributed by atoms with van der Waals surface area (Å²) < 4.78 is 2.15. The van der Waals surface area contributed by atoms with Crippen molar-refractivity contribution in [1.29, 1.82) is 5.26 Å². The molecule has 0 unspecified atom stereocenters. The number of aryl methyl sites for hydroxylation is 4. The number of aromatic nitrogens is 3. The molecule has 5 nitrogen and oxygen atoms in total. The largest absolute Gasteiger partial charge is 0.373 e. The van der Waals surface area contributed by atoms with Crippen LogP contribution in [0.2, 0.25) is 0 Å². The third-order valence-electron chi connectivity index (χ3n) is 4.60. The number of nitriles is 1. The number of hydrogen-bond donors (Lipinski definition) is 0. The summed E-state index contributed by atoms with van der Waals surface area (Å²) in [7, 11) is 2.05. The number of hydrogen-bond acceptors (Lipinski definition) is 4. The smallest absolute Gasteiger partial charge is 0.105 e. The van der Waals surface area contributed by atoms with E-state index >= 15 is 0 Å². The van der Waals surface area contributed by atoms with Crippen LogP contribution in [-0.2, 0) is 6.54 Å². The van der Waals surface area contributed by atoms with E-state index in [1.165, 1.54) is 5.56 Å². The van der Waals surface area contributed by atoms with Crippen molar-refractivity contribution in [3.63, 3.8) is 0 Å². The normalized spacial score (nSPS) is 10.8. The summed E-state index contributed by atoms with van der Waals surface area (Å²) in [5, 5.41) is 10.6. The summed E-state index contributed by atoms with van der Waals surface area (Å²) in [6.07, 6.45) is 6.50. The molecule has 3 aromatic rings. The Kier molecular flexibility index (Phi) is 4.71. The Labute approximate surface area is 148 Å². The fraction of sp³-hybridized carbons (Fsp3) is 0.350. The second-order valence-electron chi connectivity index (χ2n) is 6.55. The summed E-state index contributed by atoms with van der Waals surface area (Å²) in [6.45, 7) is 7.94. The van der Waals surface area contributed by atoms with Gasteiger partial charge in [0.25, 0.3) is 0 Å². The highest BCUT2D eigenvalue weighted by atomic mass is 15.1. The van der Waals surface area contributed by atoms with Gasteiger partial charge in [0.1, 0.15) is 11.9 Å². The molecule has 0 aliphatic heterocycles. The number of imidazole rings is 1. The van der Waals surface area contributed by atoms with Gasteiger partial charge in [0, 0.05) is 44.1 Å². The van der Waals surface area contributed by atoms with Crippen molar-refractivity contribution in [2.75, 3.05) is 18.5 Å². The Balaban J connectivity index is 1.90. The monoisotopic (exact) mass is 333 g/mol. The minimum absolute atomic E-state index is 0.624. The van der Waals surface area contributed by atoms with Crippen LogP contribution in [0.25, 0.3) is 10.9 Å². The minimum Gasteiger partial charge on any atom is -0.373 e. The van der Waals surface area contributed by atoms with Crippen molar-refractivity contribution >= 4 is 16.6 Å². The maximum Gasteiger partial charge on any atom is 0.105 e. The SMILES string of the molecule is Cc1cc(C)c2ncc(C#N)c(N(C)CCCn3ccnc3C)c2c1. The molecule has 0 fully saturated rings. The lowest BCUT2D eigenvalue weighted by Gasteiger charge is -2.23. The first-order valence-corrected chi connectivity index (χ1v) is 8.50. The predicted octanol–water partition coefficient (Wildman–Crippen LogP) is 3.75. The molecule has 0 N–H and O–H groups in total. The quantitative estimate of drug-likeness (QED) is 0.713. The number of fused-ring (bicyclic) bond motifs is 1. The summed E-state index contributed by atoms with van der Waals surface area (Å²) in [5.74, 6) is 1.03. The van der Waals surface area contributed by atoms with Crippen LogP contribution in [0.15, 0.2) is 30.7 Å². The predicted molar refractivity (Wildman–Crippen MR) is 101 cm³/mol. The van der Waals surface area contributed by atoms with Crippen LogP contribution in [0.4, 0.5) is 5.69 Å². The third-order valence-corrected chi connectivity index (χ3v) is 4.60. The standard InChI is InChI=1S/C20H23N5/c1-14-10-15(2)19-18(11-14)20(17(12-21)13-23-19)24(4)7-5-8-25-9-6-22-16(25)3/h6,9-11,13H,5,7-8H2,1-4H3. The zero-order valence-electron chi connectivity index (χ0n) is 15.2. The molecule has 5 heteroatoms. The van der Waals surface area contributed by atoms with Gasteiger partial charge >= 0.3 is 0 Å². The molecular weight excluding hydrogens is 310 g/mol. The lowest BCUT2D eigenvalue weighted by molar-refractivity contribution is 0.623. The van der Waals surface area contributed by atoms with Crippen molar-refractivity contribution in [3.05, 3.63) is 53.2 Å². The van der Waals surface area contributed by atoms with Gasteiger partial charge in [0.2, 0.25) is 0 Å². The molecule has 0 saturated heterocycles. The summed E-state index contributed by atoms with van der Waals surface area (Å²) in [5.41, 5.74) is 4.89. The fourth-order valence-electron chi connectivity index (χ4n) is 3.37. The second-order valence-corrected chi connectivity index (χ2v) is 6.55. The highest BCUT2D eigenvalue weighted by molar-refractivity contribution is 5.96. The maximum atomic E-state index is 9.55. The fourth-order valence-corrected chi connectivity index (χ4v) is 3.37. The van der Waals surface area contributed by atoms with Crippen LogP contribution in [0.5, 0.6) is 0 Å². The average molecular weight is 333 g/mol. The van der Waals surface area contributed by atoms with E-state index in [4.69, 9.17) is 0 Å². The van der Waals surface area contributed by atoms with Gasteiger partial charge in [0.05, 0.1) is 16.8 Å². The number of nitrogens with zero attached hydrogens (tertiary/aromatic N) is 5. The average Bonchev–Trinajstić information content (AvgIpc) is 2.98. The zero-order chi connectivity index (χ0) is 18.0. The minimum atomic E-state index is 0.624. The molecule has 25 heavy (non-hydrogen) atoms. The van der Waals surface area contributed by atoms with E-state index in [9.17, 15) is 5.26 Å². The highest BCUT2D eigenvalue weighted by Crippen LogP contribution is 2.31. The molecule has 0 aliphatic carbocycles. The van der Waals surface area contributed by atoms with E-state index in [0.29, 0.717) is 5.56 Å². The van der Waals surface area contributed by atoms with Gasteiger partial charge in [-0.2, -0.15) is 5.26 Å². The molecule has 0 radical (unpaired) electrons. The second kappa shape index (κ2) is 6.94. The van der Waals surface area contributed by atoms with E-state index in [-0.39, 0.29) is 0 Å². The Morgan fingerprint density at radius 3 is 2.68 bits per heavy atom. The molecule has 2 heterocycles. The first kappa shape index (κ1) is 17.0. The Hall–Kier alpha value is -2.87. The van der Waals surface area contributed by atoms with Gasteiger partial charge in [-0.3, -0.25) is 4.98 Å². The van der Waals surface area contributed by atoms with Gasteiger partial charge in [-0.1, -0.05) is 11.6 Å². The maximum absolute atomic E-state index is 9.55. The van der Waals surface area contributed by atoms with Crippen molar-refractivity contribution < 1.29 is 0 Å². The zero-order valence-corrected chi connectivity index (χ0v) is 15.2. The van der Waals surface area contributed by atoms with Crippen LogP contribution in [0.1, 0.15) is 28.9 Å². The van der Waals surface area contributed by atoms with E-state index in [1.807, 2.05) is 26.4 Å². The Bertz CT molecular complexity index is 949. The van der Waals surface area contributed by atoms with Crippen molar-refractivity contribution in [1.82, 2.24) is 14.5 Å². The van der Waals surface area contributed by atoms with Crippen LogP contribution in [0, 0.1) is 32.1 Å².